The average Bonchev–Trinajstić information content (AvgIpc) is 2.46. The number of rotatable bonds is 3. The molecular formula is C18H23NO. The monoisotopic (exact) mass is 269 g/mol. The molecule has 1 aromatic carbocycles. The second-order valence-electron chi connectivity index (χ2n) is 6.35. The van der Waals surface area contributed by atoms with Gasteiger partial charge in [-0.1, -0.05) is 52.0 Å². The summed E-state index contributed by atoms with van der Waals surface area (Å²) in [6, 6.07) is 12.1. The van der Waals surface area contributed by atoms with Crippen molar-refractivity contribution in [2.45, 2.75) is 45.1 Å². The summed E-state index contributed by atoms with van der Waals surface area (Å²) in [4.78, 5) is 4.04. The highest BCUT2D eigenvalue weighted by molar-refractivity contribution is 5.36. The minimum Gasteiger partial charge on any atom is -0.388 e. The van der Waals surface area contributed by atoms with Crippen LogP contribution < -0.4 is 0 Å². The Labute approximate surface area is 121 Å². The first-order chi connectivity index (χ1) is 9.41. The van der Waals surface area contributed by atoms with Crippen molar-refractivity contribution in [2.75, 3.05) is 0 Å². The van der Waals surface area contributed by atoms with Crippen molar-refractivity contribution in [3.8, 4) is 0 Å². The van der Waals surface area contributed by atoms with E-state index in [0.717, 1.165) is 11.1 Å². The predicted octanol–water partition coefficient (Wildman–Crippen LogP) is 4.22. The minimum absolute atomic E-state index is 0.0233. The van der Waals surface area contributed by atoms with Gasteiger partial charge in [-0.3, -0.25) is 4.98 Å². The molecule has 0 saturated heterocycles. The van der Waals surface area contributed by atoms with Crippen LogP contribution in [0, 0.1) is 0 Å². The summed E-state index contributed by atoms with van der Waals surface area (Å²) >= 11 is 0. The summed E-state index contributed by atoms with van der Waals surface area (Å²) in [7, 11) is 0. The molecule has 1 N–H and O–H groups in total. The fourth-order valence-corrected chi connectivity index (χ4v) is 2.56. The molecule has 106 valence electrons. The Morgan fingerprint density at radius 1 is 1.00 bits per heavy atom. The van der Waals surface area contributed by atoms with Gasteiger partial charge in [0.2, 0.25) is 0 Å². The zero-order valence-corrected chi connectivity index (χ0v) is 12.7. The quantitative estimate of drug-likeness (QED) is 0.905. The molecule has 2 atom stereocenters. The van der Waals surface area contributed by atoms with Crippen LogP contribution in [0.5, 0.6) is 0 Å². The van der Waals surface area contributed by atoms with Gasteiger partial charge in [0.05, 0.1) is 6.10 Å². The molecule has 20 heavy (non-hydrogen) atoms. The van der Waals surface area contributed by atoms with Crippen LogP contribution in [0.3, 0.4) is 0 Å². The molecule has 0 amide bonds. The SMILES string of the molecule is CC(c1ccncc1)C(O)c1ccccc1C(C)(C)C. The summed E-state index contributed by atoms with van der Waals surface area (Å²) in [5, 5.41) is 10.8. The fraction of sp³-hybridized carbons (Fsp3) is 0.389. The van der Waals surface area contributed by atoms with Crippen LogP contribution in [0.25, 0.3) is 0 Å². The third-order valence-electron chi connectivity index (χ3n) is 3.79. The molecule has 2 aromatic rings. The van der Waals surface area contributed by atoms with Crippen LogP contribution in [0.2, 0.25) is 0 Å². The maximum absolute atomic E-state index is 10.8. The normalized spacial score (nSPS) is 14.8. The number of hydrogen-bond acceptors (Lipinski definition) is 2. The highest BCUT2D eigenvalue weighted by atomic mass is 16.3. The van der Waals surface area contributed by atoms with Gasteiger partial charge in [0.15, 0.2) is 0 Å². The Hall–Kier alpha value is -1.67. The minimum atomic E-state index is -0.507. The number of aliphatic hydroxyl groups excluding tert-OH is 1. The molecule has 0 aliphatic carbocycles. The number of aromatic nitrogens is 1. The second kappa shape index (κ2) is 5.76. The molecule has 0 saturated carbocycles. The third-order valence-corrected chi connectivity index (χ3v) is 3.79. The van der Waals surface area contributed by atoms with E-state index in [1.165, 1.54) is 5.56 Å². The van der Waals surface area contributed by atoms with Gasteiger partial charge in [0, 0.05) is 18.3 Å². The van der Waals surface area contributed by atoms with Crippen LogP contribution in [-0.2, 0) is 5.41 Å². The maximum atomic E-state index is 10.8. The molecule has 1 heterocycles. The van der Waals surface area contributed by atoms with Crippen LogP contribution in [0.4, 0.5) is 0 Å². The van der Waals surface area contributed by atoms with Crippen molar-refractivity contribution < 1.29 is 5.11 Å². The lowest BCUT2D eigenvalue weighted by atomic mass is 9.79. The second-order valence-corrected chi connectivity index (χ2v) is 6.35. The van der Waals surface area contributed by atoms with Crippen LogP contribution in [0.15, 0.2) is 48.8 Å². The molecule has 2 unspecified atom stereocenters. The largest absolute Gasteiger partial charge is 0.388 e. The van der Waals surface area contributed by atoms with Gasteiger partial charge in [-0.15, -0.1) is 0 Å². The molecule has 0 bridgehead atoms. The van der Waals surface area contributed by atoms with E-state index in [2.05, 4.69) is 38.7 Å². The molecule has 0 fully saturated rings. The van der Waals surface area contributed by atoms with Crippen molar-refractivity contribution in [1.29, 1.82) is 0 Å². The highest BCUT2D eigenvalue weighted by Gasteiger charge is 2.25. The van der Waals surface area contributed by atoms with E-state index in [4.69, 9.17) is 0 Å². The summed E-state index contributed by atoms with van der Waals surface area (Å²) in [5.41, 5.74) is 3.35. The molecule has 0 aliphatic heterocycles. The number of benzene rings is 1. The van der Waals surface area contributed by atoms with Gasteiger partial charge >= 0.3 is 0 Å². The standard InChI is InChI=1S/C18H23NO/c1-13(14-9-11-19-12-10-14)17(20)15-7-5-6-8-16(15)18(2,3)4/h5-13,17,20H,1-4H3. The number of hydrogen-bond donors (Lipinski definition) is 1. The zero-order chi connectivity index (χ0) is 14.8. The molecule has 2 heteroatoms. The van der Waals surface area contributed by atoms with E-state index in [1.54, 1.807) is 12.4 Å². The molecule has 1 aromatic heterocycles. The van der Waals surface area contributed by atoms with Gasteiger partial charge in [-0.05, 0) is 34.2 Å². The first kappa shape index (κ1) is 14.7. The molecular weight excluding hydrogens is 246 g/mol. The molecule has 0 aliphatic rings. The van der Waals surface area contributed by atoms with Crippen molar-refractivity contribution in [2.24, 2.45) is 0 Å². The van der Waals surface area contributed by atoms with Crippen molar-refractivity contribution in [3.63, 3.8) is 0 Å². The van der Waals surface area contributed by atoms with Crippen molar-refractivity contribution >= 4 is 0 Å². The van der Waals surface area contributed by atoms with Crippen LogP contribution in [-0.4, -0.2) is 10.1 Å². The molecule has 2 nitrogen and oxygen atoms in total. The Balaban J connectivity index is 2.37. The highest BCUT2D eigenvalue weighted by Crippen LogP contribution is 2.36. The van der Waals surface area contributed by atoms with Gasteiger partial charge in [0.25, 0.3) is 0 Å². The Morgan fingerprint density at radius 3 is 2.20 bits per heavy atom. The van der Waals surface area contributed by atoms with Crippen LogP contribution in [0.1, 0.15) is 56.4 Å². The smallest absolute Gasteiger partial charge is 0.0858 e. The van der Waals surface area contributed by atoms with E-state index in [0.29, 0.717) is 0 Å². The first-order valence-corrected chi connectivity index (χ1v) is 7.08. The van der Waals surface area contributed by atoms with E-state index in [9.17, 15) is 5.11 Å². The molecule has 0 spiro atoms. The fourth-order valence-electron chi connectivity index (χ4n) is 2.56. The summed E-state index contributed by atoms with van der Waals surface area (Å²) in [6.07, 6.45) is 3.04. The van der Waals surface area contributed by atoms with E-state index in [1.807, 2.05) is 30.3 Å². The van der Waals surface area contributed by atoms with E-state index >= 15 is 0 Å². The summed E-state index contributed by atoms with van der Waals surface area (Å²) in [6.45, 7) is 8.58. The van der Waals surface area contributed by atoms with Gasteiger partial charge < -0.3 is 5.11 Å². The number of nitrogens with zero attached hydrogens (tertiary/aromatic N) is 1. The number of aliphatic hydroxyl groups is 1. The Morgan fingerprint density at radius 2 is 1.60 bits per heavy atom. The van der Waals surface area contributed by atoms with Crippen molar-refractivity contribution in [3.05, 3.63) is 65.5 Å². The third kappa shape index (κ3) is 3.07. The van der Waals surface area contributed by atoms with Gasteiger partial charge in [-0.25, -0.2) is 0 Å². The number of pyridine rings is 1. The summed E-state index contributed by atoms with van der Waals surface area (Å²) < 4.78 is 0. The molecule has 2 rings (SSSR count). The van der Waals surface area contributed by atoms with Gasteiger partial charge in [0.1, 0.15) is 0 Å². The van der Waals surface area contributed by atoms with Crippen LogP contribution >= 0.6 is 0 Å². The van der Waals surface area contributed by atoms with Crippen molar-refractivity contribution in [1.82, 2.24) is 4.98 Å². The lowest BCUT2D eigenvalue weighted by Gasteiger charge is -2.28. The van der Waals surface area contributed by atoms with E-state index < -0.39 is 6.10 Å². The summed E-state index contributed by atoms with van der Waals surface area (Å²) in [5.74, 6) is 0.0431. The van der Waals surface area contributed by atoms with E-state index in [-0.39, 0.29) is 11.3 Å². The first-order valence-electron chi connectivity index (χ1n) is 7.08. The molecule has 0 radical (unpaired) electrons. The topological polar surface area (TPSA) is 33.1 Å². The Bertz CT molecular complexity index is 557. The maximum Gasteiger partial charge on any atom is 0.0858 e. The Kier molecular flexibility index (Phi) is 4.24. The van der Waals surface area contributed by atoms with Gasteiger partial charge in [-0.2, -0.15) is 0 Å². The lowest BCUT2D eigenvalue weighted by Crippen LogP contribution is -2.18. The predicted molar refractivity (Wildman–Crippen MR) is 82.8 cm³/mol. The lowest BCUT2D eigenvalue weighted by molar-refractivity contribution is 0.149. The average molecular weight is 269 g/mol. The zero-order valence-electron chi connectivity index (χ0n) is 12.7.